The lowest BCUT2D eigenvalue weighted by Crippen LogP contribution is -2.26. The quantitative estimate of drug-likeness (QED) is 0.469. The number of rotatable bonds is 5. The first-order valence-corrected chi connectivity index (χ1v) is 9.31. The number of aromatic nitrogens is 2. The minimum Gasteiger partial charge on any atom is -0.457 e. The number of hydrogen-bond acceptors (Lipinski definition) is 6. The smallest absolute Gasteiger partial charge is 0.184 e. The van der Waals surface area contributed by atoms with Gasteiger partial charge in [0.25, 0.3) is 0 Å². The van der Waals surface area contributed by atoms with E-state index in [0.29, 0.717) is 5.82 Å². The van der Waals surface area contributed by atoms with Crippen molar-refractivity contribution in [2.75, 3.05) is 15.8 Å². The van der Waals surface area contributed by atoms with E-state index in [-0.39, 0.29) is 0 Å². The van der Waals surface area contributed by atoms with Crippen LogP contribution in [-0.4, -0.2) is 9.97 Å². The molecule has 0 saturated heterocycles. The summed E-state index contributed by atoms with van der Waals surface area (Å²) in [5, 5.41) is 4.05. The molecule has 0 fully saturated rings. The summed E-state index contributed by atoms with van der Waals surface area (Å²) < 4.78 is 5.92. The van der Waals surface area contributed by atoms with Gasteiger partial charge < -0.3 is 10.5 Å². The fourth-order valence-electron chi connectivity index (χ4n) is 3.31. The molecule has 4 aromatic rings. The van der Waals surface area contributed by atoms with Crippen LogP contribution < -0.4 is 20.5 Å². The van der Waals surface area contributed by atoms with E-state index in [1.54, 1.807) is 0 Å². The molecular formula is C23H19N5O. The van der Waals surface area contributed by atoms with E-state index in [9.17, 15) is 0 Å². The van der Waals surface area contributed by atoms with Gasteiger partial charge in [0.1, 0.15) is 17.8 Å². The van der Waals surface area contributed by atoms with E-state index in [1.807, 2.05) is 65.7 Å². The molecule has 3 aromatic carbocycles. The molecule has 1 aromatic heterocycles. The second-order valence-corrected chi connectivity index (χ2v) is 6.80. The van der Waals surface area contributed by atoms with Gasteiger partial charge in [-0.05, 0) is 61.0 Å². The van der Waals surface area contributed by atoms with Gasteiger partial charge in [-0.15, -0.1) is 0 Å². The van der Waals surface area contributed by atoms with Crippen molar-refractivity contribution in [2.45, 2.75) is 6.92 Å². The van der Waals surface area contributed by atoms with Crippen molar-refractivity contribution in [1.29, 1.82) is 0 Å². The second-order valence-electron chi connectivity index (χ2n) is 6.80. The topological polar surface area (TPSA) is 67.3 Å². The lowest BCUT2D eigenvalue weighted by atomic mass is 10.2. The van der Waals surface area contributed by atoms with Crippen molar-refractivity contribution in [3.05, 3.63) is 90.8 Å². The number of fused-ring (bicyclic) bond motifs is 1. The number of aryl methyl sites for hydroxylation is 1. The summed E-state index contributed by atoms with van der Waals surface area (Å²) in [6.07, 6.45) is 1.49. The molecule has 1 aliphatic rings. The Balaban J connectivity index is 1.49. The summed E-state index contributed by atoms with van der Waals surface area (Å²) in [5.41, 5.74) is 10.0. The molecule has 0 aliphatic carbocycles. The van der Waals surface area contributed by atoms with Crippen molar-refractivity contribution in [1.82, 2.24) is 9.97 Å². The number of hydrogen-bond donors (Lipinski definition) is 1. The fraction of sp³-hybridized carbons (Fsp3) is 0.0435. The highest BCUT2D eigenvalue weighted by Crippen LogP contribution is 2.53. The Bertz CT molecular complexity index is 1160. The molecule has 1 aliphatic heterocycles. The molecule has 2 heterocycles. The Kier molecular flexibility index (Phi) is 4.02. The van der Waals surface area contributed by atoms with E-state index in [1.165, 1.54) is 11.9 Å². The van der Waals surface area contributed by atoms with Crippen molar-refractivity contribution in [3.63, 3.8) is 0 Å². The van der Waals surface area contributed by atoms with Crippen LogP contribution in [0.5, 0.6) is 11.5 Å². The molecule has 5 rings (SSSR count). The van der Waals surface area contributed by atoms with E-state index >= 15 is 0 Å². The highest BCUT2D eigenvalue weighted by molar-refractivity contribution is 6.01. The molecule has 6 heteroatoms. The highest BCUT2D eigenvalue weighted by Gasteiger charge is 2.41. The minimum atomic E-state index is 0.469. The molecule has 6 nitrogen and oxygen atoms in total. The number of anilines is 5. The summed E-state index contributed by atoms with van der Waals surface area (Å²) in [7, 11) is 0. The molecule has 0 radical (unpaired) electrons. The Morgan fingerprint density at radius 1 is 0.828 bits per heavy atom. The number of nitrogens with two attached hydrogens (primary N) is 1. The van der Waals surface area contributed by atoms with Gasteiger partial charge in [-0.2, -0.15) is 0 Å². The molecule has 2 N–H and O–H groups in total. The maximum absolute atomic E-state index is 6.06. The number of para-hydroxylation sites is 1. The summed E-state index contributed by atoms with van der Waals surface area (Å²) >= 11 is 0. The lowest BCUT2D eigenvalue weighted by Gasteiger charge is -2.26. The third-order valence-corrected chi connectivity index (χ3v) is 4.70. The Morgan fingerprint density at radius 3 is 2.31 bits per heavy atom. The maximum Gasteiger partial charge on any atom is 0.184 e. The Labute approximate surface area is 168 Å². The third-order valence-electron chi connectivity index (χ3n) is 4.70. The van der Waals surface area contributed by atoms with Crippen LogP contribution in [0.15, 0.2) is 85.2 Å². The Morgan fingerprint density at radius 2 is 1.59 bits per heavy atom. The monoisotopic (exact) mass is 381 g/mol. The van der Waals surface area contributed by atoms with E-state index in [4.69, 9.17) is 10.5 Å². The molecule has 0 bridgehead atoms. The fourth-order valence-corrected chi connectivity index (χ4v) is 3.31. The van der Waals surface area contributed by atoms with Gasteiger partial charge in [-0.3, -0.25) is 0 Å². The molecule has 0 atom stereocenters. The molecule has 0 unspecified atom stereocenters. The van der Waals surface area contributed by atoms with Crippen molar-refractivity contribution >= 4 is 28.7 Å². The average molecular weight is 381 g/mol. The maximum atomic E-state index is 6.06. The summed E-state index contributed by atoms with van der Waals surface area (Å²) in [5.74, 6) is 2.85. The predicted octanol–water partition coefficient (Wildman–Crippen LogP) is 5.36. The largest absolute Gasteiger partial charge is 0.457 e. The summed E-state index contributed by atoms with van der Waals surface area (Å²) in [6.45, 7) is 2.07. The summed E-state index contributed by atoms with van der Waals surface area (Å²) in [6, 6.07) is 26.0. The van der Waals surface area contributed by atoms with Crippen LogP contribution in [-0.2, 0) is 0 Å². The number of nitrogens with zero attached hydrogens (tertiary/aromatic N) is 4. The van der Waals surface area contributed by atoms with Crippen LogP contribution in [0.4, 0.5) is 28.7 Å². The predicted molar refractivity (Wildman–Crippen MR) is 115 cm³/mol. The van der Waals surface area contributed by atoms with Gasteiger partial charge in [0.15, 0.2) is 17.3 Å². The second kappa shape index (κ2) is 6.83. The Hall–Kier alpha value is -4.06. The first kappa shape index (κ1) is 17.1. The molecule has 0 spiro atoms. The first-order valence-electron chi connectivity index (χ1n) is 9.31. The molecule has 0 amide bonds. The zero-order valence-electron chi connectivity index (χ0n) is 15.9. The van der Waals surface area contributed by atoms with Gasteiger partial charge in [-0.25, -0.2) is 20.0 Å². The van der Waals surface area contributed by atoms with Crippen molar-refractivity contribution in [2.24, 2.45) is 0 Å². The standard InChI is InChI=1S/C23H19N5O/c1-16-6-5-7-18(14-16)27(28-21-22(24)25-15-26-23(21)28)17-10-12-20(13-11-17)29-19-8-3-2-4-9-19/h2-15H,1H3,(H2,24,25,26). The minimum absolute atomic E-state index is 0.469. The van der Waals surface area contributed by atoms with Crippen molar-refractivity contribution in [3.8, 4) is 11.5 Å². The lowest BCUT2D eigenvalue weighted by molar-refractivity contribution is 0.483. The van der Waals surface area contributed by atoms with Crippen LogP contribution in [0.2, 0.25) is 0 Å². The van der Waals surface area contributed by atoms with Gasteiger partial charge in [-0.1, -0.05) is 30.3 Å². The zero-order chi connectivity index (χ0) is 19.8. The van der Waals surface area contributed by atoms with Gasteiger partial charge in [0.05, 0.1) is 11.4 Å². The molecule has 29 heavy (non-hydrogen) atoms. The highest BCUT2D eigenvalue weighted by atomic mass is 16.5. The van der Waals surface area contributed by atoms with Crippen LogP contribution in [0, 0.1) is 6.92 Å². The SMILES string of the molecule is Cc1cccc(N(c2ccc(Oc3ccccc3)cc2)N2c3ncnc(N)c32)c1. The van der Waals surface area contributed by atoms with E-state index in [0.717, 1.165) is 34.4 Å². The number of ether oxygens (including phenoxy) is 1. The van der Waals surface area contributed by atoms with Crippen molar-refractivity contribution < 1.29 is 4.74 Å². The molecule has 0 saturated carbocycles. The zero-order valence-corrected chi connectivity index (χ0v) is 15.9. The van der Waals surface area contributed by atoms with Crippen LogP contribution in [0.25, 0.3) is 0 Å². The summed E-state index contributed by atoms with van der Waals surface area (Å²) in [4.78, 5) is 8.46. The number of hydrazine groups is 1. The van der Waals surface area contributed by atoms with Gasteiger partial charge >= 0.3 is 0 Å². The van der Waals surface area contributed by atoms with Crippen LogP contribution >= 0.6 is 0 Å². The number of benzene rings is 3. The van der Waals surface area contributed by atoms with E-state index < -0.39 is 0 Å². The van der Waals surface area contributed by atoms with Gasteiger partial charge in [0, 0.05) is 0 Å². The van der Waals surface area contributed by atoms with Crippen LogP contribution in [0.3, 0.4) is 0 Å². The normalized spacial score (nSPS) is 11.7. The molecule has 142 valence electrons. The molecular weight excluding hydrogens is 362 g/mol. The third kappa shape index (κ3) is 3.21. The first-order chi connectivity index (χ1) is 14.2. The average Bonchev–Trinajstić information content (AvgIpc) is 3.46. The van der Waals surface area contributed by atoms with Crippen LogP contribution in [0.1, 0.15) is 5.56 Å². The van der Waals surface area contributed by atoms with Gasteiger partial charge in [0.2, 0.25) is 0 Å². The van der Waals surface area contributed by atoms with E-state index in [2.05, 4.69) is 40.1 Å². The number of nitrogen functional groups attached to an aromatic ring is 1.